The number of carbonyl (C=O) groups is 3. The van der Waals surface area contributed by atoms with Crippen molar-refractivity contribution >= 4 is 17.9 Å². The molecular weight excluding hydrogens is 985 g/mol. The highest BCUT2D eigenvalue weighted by Gasteiger charge is 2.19. The molecule has 0 N–H and O–H groups in total. The minimum absolute atomic E-state index is 0.0726. The lowest BCUT2D eigenvalue weighted by Gasteiger charge is -2.18. The monoisotopic (exact) mass is 1120 g/mol. The van der Waals surface area contributed by atoms with Crippen LogP contribution in [0.25, 0.3) is 0 Å². The van der Waals surface area contributed by atoms with Crippen LogP contribution >= 0.6 is 0 Å². The summed E-state index contributed by atoms with van der Waals surface area (Å²) in [5.41, 5.74) is 0. The molecule has 0 aromatic heterocycles. The molecule has 0 bridgehead atoms. The van der Waals surface area contributed by atoms with Gasteiger partial charge in [-0.05, 0) is 77.0 Å². The van der Waals surface area contributed by atoms with Crippen molar-refractivity contribution in [3.63, 3.8) is 0 Å². The van der Waals surface area contributed by atoms with Crippen LogP contribution in [0.4, 0.5) is 0 Å². The van der Waals surface area contributed by atoms with Crippen molar-refractivity contribution in [2.75, 3.05) is 13.2 Å². The van der Waals surface area contributed by atoms with Crippen LogP contribution in [0.5, 0.6) is 0 Å². The Balaban J connectivity index is 4.18. The van der Waals surface area contributed by atoms with Crippen molar-refractivity contribution in [3.05, 3.63) is 60.8 Å². The maximum atomic E-state index is 12.9. The van der Waals surface area contributed by atoms with E-state index in [1.54, 1.807) is 0 Å². The molecule has 0 spiro atoms. The van der Waals surface area contributed by atoms with E-state index in [4.69, 9.17) is 14.2 Å². The first-order valence-corrected chi connectivity index (χ1v) is 35.3. The van der Waals surface area contributed by atoms with Gasteiger partial charge in [0, 0.05) is 19.3 Å². The van der Waals surface area contributed by atoms with Crippen LogP contribution in [0.2, 0.25) is 0 Å². The summed E-state index contributed by atoms with van der Waals surface area (Å²) in [4.78, 5) is 38.4. The molecule has 0 aliphatic heterocycles. The van der Waals surface area contributed by atoms with Crippen molar-refractivity contribution in [1.29, 1.82) is 0 Å². The SMILES string of the molecule is CC/C=C\C/C=C\C/C=C\C/C=C\CCCCCCCCCCCCCCCCC(=O)OCC(COC(=O)CCCCCCC/C=C\CCCC)OC(=O)CCCCCCCCCCCCCCCCCCCCCCCCCC. The molecule has 0 saturated heterocycles. The van der Waals surface area contributed by atoms with Crippen LogP contribution in [0, 0.1) is 0 Å². The highest BCUT2D eigenvalue weighted by Crippen LogP contribution is 2.18. The number of unbranched alkanes of at least 4 members (excludes halogenated alkanes) is 44. The van der Waals surface area contributed by atoms with Gasteiger partial charge in [-0.2, -0.15) is 0 Å². The van der Waals surface area contributed by atoms with E-state index in [1.807, 2.05) is 0 Å². The minimum atomic E-state index is -0.776. The quantitative estimate of drug-likeness (QED) is 0.0261. The lowest BCUT2D eigenvalue weighted by Crippen LogP contribution is -2.30. The maximum Gasteiger partial charge on any atom is 0.306 e. The summed E-state index contributed by atoms with van der Waals surface area (Å²) in [7, 11) is 0. The molecule has 80 heavy (non-hydrogen) atoms. The third kappa shape index (κ3) is 65.9. The van der Waals surface area contributed by atoms with Crippen LogP contribution in [0.3, 0.4) is 0 Å². The topological polar surface area (TPSA) is 78.9 Å². The molecule has 1 unspecified atom stereocenters. The fourth-order valence-corrected chi connectivity index (χ4v) is 10.5. The van der Waals surface area contributed by atoms with Crippen molar-refractivity contribution in [3.8, 4) is 0 Å². The van der Waals surface area contributed by atoms with Gasteiger partial charge in [0.1, 0.15) is 13.2 Å². The first-order chi connectivity index (χ1) is 39.5. The number of rotatable bonds is 65. The molecule has 0 fully saturated rings. The zero-order chi connectivity index (χ0) is 57.8. The normalized spacial score (nSPS) is 12.4. The van der Waals surface area contributed by atoms with Crippen molar-refractivity contribution < 1.29 is 28.6 Å². The average molecular weight is 1120 g/mol. The van der Waals surface area contributed by atoms with Crippen molar-refractivity contribution in [2.45, 2.75) is 380 Å². The summed E-state index contributed by atoms with van der Waals surface area (Å²) in [6, 6.07) is 0. The van der Waals surface area contributed by atoms with Gasteiger partial charge in [-0.3, -0.25) is 14.4 Å². The van der Waals surface area contributed by atoms with Gasteiger partial charge in [-0.1, -0.05) is 338 Å². The van der Waals surface area contributed by atoms with Gasteiger partial charge in [0.25, 0.3) is 0 Å². The number of ether oxygens (including phenoxy) is 3. The predicted octanol–water partition coefficient (Wildman–Crippen LogP) is 24.3. The van der Waals surface area contributed by atoms with E-state index >= 15 is 0 Å². The van der Waals surface area contributed by atoms with E-state index in [0.717, 1.165) is 89.9 Å². The third-order valence-electron chi connectivity index (χ3n) is 15.8. The van der Waals surface area contributed by atoms with Gasteiger partial charge in [-0.25, -0.2) is 0 Å². The lowest BCUT2D eigenvalue weighted by atomic mass is 10.0. The molecule has 0 amide bonds. The van der Waals surface area contributed by atoms with Gasteiger partial charge >= 0.3 is 17.9 Å². The Labute approximate surface area is 498 Å². The van der Waals surface area contributed by atoms with Crippen LogP contribution in [0.1, 0.15) is 374 Å². The molecule has 0 aromatic carbocycles. The zero-order valence-corrected chi connectivity index (χ0v) is 53.6. The van der Waals surface area contributed by atoms with Crippen molar-refractivity contribution in [2.24, 2.45) is 0 Å². The second kappa shape index (κ2) is 68.6. The molecule has 0 aliphatic rings. The molecule has 0 radical (unpaired) electrons. The molecular formula is C74H134O6. The van der Waals surface area contributed by atoms with E-state index < -0.39 is 6.10 Å². The number of hydrogen-bond acceptors (Lipinski definition) is 6. The van der Waals surface area contributed by atoms with E-state index in [2.05, 4.69) is 81.5 Å². The van der Waals surface area contributed by atoms with Gasteiger partial charge in [0.2, 0.25) is 0 Å². The maximum absolute atomic E-state index is 12.9. The summed E-state index contributed by atoms with van der Waals surface area (Å²) in [5.74, 6) is -0.859. The van der Waals surface area contributed by atoms with Crippen molar-refractivity contribution in [1.82, 2.24) is 0 Å². The van der Waals surface area contributed by atoms with Crippen LogP contribution in [-0.2, 0) is 28.6 Å². The Bertz CT molecular complexity index is 1430. The van der Waals surface area contributed by atoms with Crippen LogP contribution in [0.15, 0.2) is 60.8 Å². The second-order valence-corrected chi connectivity index (χ2v) is 23.8. The van der Waals surface area contributed by atoms with Gasteiger partial charge < -0.3 is 14.2 Å². The molecule has 0 rings (SSSR count). The molecule has 0 heterocycles. The predicted molar refractivity (Wildman–Crippen MR) is 348 cm³/mol. The van der Waals surface area contributed by atoms with Crippen LogP contribution < -0.4 is 0 Å². The highest BCUT2D eigenvalue weighted by atomic mass is 16.6. The van der Waals surface area contributed by atoms with E-state index in [1.165, 1.54) is 244 Å². The molecule has 6 nitrogen and oxygen atoms in total. The number of hydrogen-bond donors (Lipinski definition) is 0. The Morgan fingerprint density at radius 3 is 0.812 bits per heavy atom. The first-order valence-electron chi connectivity index (χ1n) is 35.3. The zero-order valence-electron chi connectivity index (χ0n) is 53.6. The Morgan fingerprint density at radius 2 is 0.500 bits per heavy atom. The summed E-state index contributed by atoms with van der Waals surface area (Å²) < 4.78 is 17.0. The largest absolute Gasteiger partial charge is 0.462 e. The highest BCUT2D eigenvalue weighted by molar-refractivity contribution is 5.71. The van der Waals surface area contributed by atoms with E-state index in [-0.39, 0.29) is 31.1 Å². The van der Waals surface area contributed by atoms with Gasteiger partial charge in [0.05, 0.1) is 0 Å². The Morgan fingerprint density at radius 1 is 0.263 bits per heavy atom. The second-order valence-electron chi connectivity index (χ2n) is 23.8. The first kappa shape index (κ1) is 77.1. The fourth-order valence-electron chi connectivity index (χ4n) is 10.5. The molecule has 6 heteroatoms. The minimum Gasteiger partial charge on any atom is -0.462 e. The number of esters is 3. The third-order valence-corrected chi connectivity index (χ3v) is 15.8. The van der Waals surface area contributed by atoms with Gasteiger partial charge in [0.15, 0.2) is 6.10 Å². The molecule has 0 aromatic rings. The average Bonchev–Trinajstić information content (AvgIpc) is 3.46. The summed E-state index contributed by atoms with van der Waals surface area (Å²) in [5, 5.41) is 0. The molecule has 0 saturated carbocycles. The summed E-state index contributed by atoms with van der Waals surface area (Å²) in [6.07, 6.45) is 88.3. The lowest BCUT2D eigenvalue weighted by molar-refractivity contribution is -0.167. The molecule has 466 valence electrons. The summed E-state index contributed by atoms with van der Waals surface area (Å²) >= 11 is 0. The standard InChI is InChI=1S/C74H134O6/c1-4-7-10-13-16-19-22-24-26-28-30-32-34-36-37-38-40-41-43-45-47-49-52-55-58-61-64-67-73(76)79-70-71(69-78-72(75)66-63-60-57-54-51-21-18-15-12-9-6-3)80-74(77)68-65-62-59-56-53-50-48-46-44-42-39-35-33-31-29-27-25-23-20-17-14-11-8-5-2/h7,10,15-16,18-19,24,26,30,32,71H,4-6,8-9,11-14,17,20-23,25,27-29,31,33-70H2,1-3H3/b10-7-,18-15-,19-16-,26-24-,32-30-. The fraction of sp³-hybridized carbons (Fsp3) is 0.824. The van der Waals surface area contributed by atoms with E-state index in [0.29, 0.717) is 19.3 Å². The smallest absolute Gasteiger partial charge is 0.306 e. The molecule has 0 aliphatic carbocycles. The van der Waals surface area contributed by atoms with E-state index in [9.17, 15) is 14.4 Å². The van der Waals surface area contributed by atoms with Gasteiger partial charge in [-0.15, -0.1) is 0 Å². The number of carbonyl (C=O) groups excluding carboxylic acids is 3. The Kier molecular flexibility index (Phi) is 66.1. The Hall–Kier alpha value is -2.89. The van der Waals surface area contributed by atoms with Crippen LogP contribution in [-0.4, -0.2) is 37.2 Å². The molecule has 1 atom stereocenters. The summed E-state index contributed by atoms with van der Waals surface area (Å²) in [6.45, 7) is 6.55. The number of allylic oxidation sites excluding steroid dienone is 10.